The molecule has 0 radical (unpaired) electrons. The van der Waals surface area contributed by atoms with Crippen molar-refractivity contribution in [3.8, 4) is 28.3 Å². The summed E-state index contributed by atoms with van der Waals surface area (Å²) in [5, 5.41) is 9.42. The van der Waals surface area contributed by atoms with Crippen LogP contribution in [0.4, 0.5) is 17.1 Å². The van der Waals surface area contributed by atoms with Gasteiger partial charge in [-0.1, -0.05) is 152 Å². The van der Waals surface area contributed by atoms with Gasteiger partial charge in [0, 0.05) is 33.1 Å². The molecule has 12 rings (SSSR count). The highest BCUT2D eigenvalue weighted by atomic mass is 16.3. The zero-order chi connectivity index (χ0) is 38.9. The van der Waals surface area contributed by atoms with E-state index in [1.807, 2.05) is 0 Å². The van der Waals surface area contributed by atoms with Crippen molar-refractivity contribution in [1.82, 2.24) is 9.55 Å². The SMILES string of the molecule is c1ccc(-n2c3ccccc3c3c(N(c4cccc(-c5cccc6ccccc56)c4)c4cccc5nc(-c6ccc7ccccc7c6)oc45)cc4ccccc4c32)cc1. The van der Waals surface area contributed by atoms with Gasteiger partial charge in [-0.25, -0.2) is 4.98 Å². The van der Waals surface area contributed by atoms with Crippen molar-refractivity contribution >= 4 is 82.3 Å². The Labute approximate surface area is 340 Å². The Hall–Kier alpha value is -7.95. The summed E-state index contributed by atoms with van der Waals surface area (Å²) >= 11 is 0. The molecule has 0 bridgehead atoms. The van der Waals surface area contributed by atoms with Crippen molar-refractivity contribution in [3.63, 3.8) is 0 Å². The molecule has 0 saturated carbocycles. The Morgan fingerprint density at radius 2 is 1.14 bits per heavy atom. The highest BCUT2D eigenvalue weighted by Gasteiger charge is 2.26. The lowest BCUT2D eigenvalue weighted by molar-refractivity contribution is 0.620. The predicted octanol–water partition coefficient (Wildman–Crippen LogP) is 15.2. The zero-order valence-corrected chi connectivity index (χ0v) is 32.0. The maximum absolute atomic E-state index is 6.93. The van der Waals surface area contributed by atoms with Crippen LogP contribution in [0.25, 0.3) is 93.5 Å². The quantitative estimate of drug-likeness (QED) is 0.170. The van der Waals surface area contributed by atoms with Crippen LogP contribution in [0, 0.1) is 0 Å². The van der Waals surface area contributed by atoms with Gasteiger partial charge in [-0.3, -0.25) is 0 Å². The van der Waals surface area contributed by atoms with Crippen LogP contribution in [-0.4, -0.2) is 9.55 Å². The monoisotopic (exact) mass is 753 g/mol. The van der Waals surface area contributed by atoms with Gasteiger partial charge < -0.3 is 13.9 Å². The minimum atomic E-state index is 0.590. The van der Waals surface area contributed by atoms with Gasteiger partial charge in [0.05, 0.1) is 22.4 Å². The average molecular weight is 754 g/mol. The third-order valence-electron chi connectivity index (χ3n) is 11.7. The van der Waals surface area contributed by atoms with Crippen LogP contribution >= 0.6 is 0 Å². The summed E-state index contributed by atoms with van der Waals surface area (Å²) in [7, 11) is 0. The third kappa shape index (κ3) is 5.34. The number of anilines is 3. The molecule has 12 aromatic rings. The van der Waals surface area contributed by atoms with E-state index in [2.05, 4.69) is 222 Å². The van der Waals surface area contributed by atoms with Crippen LogP contribution < -0.4 is 4.90 Å². The summed E-state index contributed by atoms with van der Waals surface area (Å²) in [6.07, 6.45) is 0. The predicted molar refractivity (Wildman–Crippen MR) is 246 cm³/mol. The molecule has 0 aliphatic rings. The van der Waals surface area contributed by atoms with Gasteiger partial charge in [0.15, 0.2) is 5.58 Å². The lowest BCUT2D eigenvalue weighted by Crippen LogP contribution is -2.11. The number of para-hydroxylation sites is 3. The third-order valence-corrected chi connectivity index (χ3v) is 11.7. The Morgan fingerprint density at radius 1 is 0.441 bits per heavy atom. The molecule has 0 aliphatic heterocycles. The number of rotatable bonds is 6. The number of hydrogen-bond acceptors (Lipinski definition) is 3. The van der Waals surface area contributed by atoms with E-state index in [-0.39, 0.29) is 0 Å². The summed E-state index contributed by atoms with van der Waals surface area (Å²) in [6.45, 7) is 0. The first-order valence-electron chi connectivity index (χ1n) is 20.0. The standard InChI is InChI=1S/C55H35N3O/c1-2-21-42(22-3-1)58-49-29-11-10-26-47(49)52-51(35-40-18-7-9-25-46(40)53(52)58)57(43-23-12-20-39(34-43)45-27-13-19-37-16-6-8-24-44(37)45)50-30-14-28-48-54(50)59-55(56-48)41-32-31-36-15-4-5-17-38(36)33-41/h1-35H. The van der Waals surface area contributed by atoms with E-state index in [9.17, 15) is 0 Å². The van der Waals surface area contributed by atoms with E-state index in [4.69, 9.17) is 9.40 Å². The molecule has 0 unspecified atom stereocenters. The van der Waals surface area contributed by atoms with Crippen molar-refractivity contribution in [1.29, 1.82) is 0 Å². The first kappa shape index (κ1) is 33.2. The molecule has 0 spiro atoms. The second kappa shape index (κ2) is 13.3. The molecular formula is C55H35N3O. The average Bonchev–Trinajstić information content (AvgIpc) is 3.90. The normalized spacial score (nSPS) is 11.7. The van der Waals surface area contributed by atoms with Crippen molar-refractivity contribution in [2.45, 2.75) is 0 Å². The fourth-order valence-corrected chi connectivity index (χ4v) is 9.09. The second-order valence-electron chi connectivity index (χ2n) is 15.1. The Morgan fingerprint density at radius 3 is 2.02 bits per heavy atom. The minimum Gasteiger partial charge on any atom is -0.434 e. The number of fused-ring (bicyclic) bond motifs is 8. The van der Waals surface area contributed by atoms with Crippen LogP contribution in [0.1, 0.15) is 0 Å². The smallest absolute Gasteiger partial charge is 0.227 e. The maximum atomic E-state index is 6.93. The van der Waals surface area contributed by atoms with Gasteiger partial charge in [0.2, 0.25) is 5.89 Å². The summed E-state index contributed by atoms with van der Waals surface area (Å²) in [5.74, 6) is 0.590. The van der Waals surface area contributed by atoms with Crippen LogP contribution in [0.15, 0.2) is 217 Å². The Balaban J connectivity index is 1.18. The molecule has 2 aromatic heterocycles. The fraction of sp³-hybridized carbons (Fsp3) is 0. The first-order chi connectivity index (χ1) is 29.3. The summed E-state index contributed by atoms with van der Waals surface area (Å²) in [4.78, 5) is 7.52. The van der Waals surface area contributed by atoms with Gasteiger partial charge in [0.25, 0.3) is 0 Å². The Kier molecular flexibility index (Phi) is 7.50. The fourth-order valence-electron chi connectivity index (χ4n) is 9.09. The summed E-state index contributed by atoms with van der Waals surface area (Å²) in [5.41, 5.74) is 11.2. The van der Waals surface area contributed by atoms with Crippen molar-refractivity contribution in [3.05, 3.63) is 212 Å². The second-order valence-corrected chi connectivity index (χ2v) is 15.1. The van der Waals surface area contributed by atoms with Gasteiger partial charge in [-0.05, 0) is 98.7 Å². The molecule has 0 fully saturated rings. The van der Waals surface area contributed by atoms with E-state index in [0.717, 1.165) is 72.2 Å². The number of hydrogen-bond donors (Lipinski definition) is 0. The number of benzene rings is 10. The van der Waals surface area contributed by atoms with Crippen LogP contribution in [0.5, 0.6) is 0 Å². The molecule has 0 N–H and O–H groups in total. The van der Waals surface area contributed by atoms with Crippen LogP contribution in [0.2, 0.25) is 0 Å². The number of aromatic nitrogens is 2. The number of oxazole rings is 1. The van der Waals surface area contributed by atoms with E-state index in [0.29, 0.717) is 5.89 Å². The van der Waals surface area contributed by atoms with Gasteiger partial charge >= 0.3 is 0 Å². The van der Waals surface area contributed by atoms with Crippen LogP contribution in [-0.2, 0) is 0 Å². The largest absolute Gasteiger partial charge is 0.434 e. The molecule has 59 heavy (non-hydrogen) atoms. The molecule has 0 aliphatic carbocycles. The van der Waals surface area contributed by atoms with Crippen LogP contribution in [0.3, 0.4) is 0 Å². The van der Waals surface area contributed by atoms with Gasteiger partial charge in [0.1, 0.15) is 5.52 Å². The molecule has 4 nitrogen and oxygen atoms in total. The highest BCUT2D eigenvalue weighted by molar-refractivity contribution is 6.25. The summed E-state index contributed by atoms with van der Waals surface area (Å²) < 4.78 is 9.36. The van der Waals surface area contributed by atoms with E-state index >= 15 is 0 Å². The Bertz CT molecular complexity index is 3570. The summed E-state index contributed by atoms with van der Waals surface area (Å²) in [6, 6.07) is 75.8. The van der Waals surface area contributed by atoms with E-state index < -0.39 is 0 Å². The molecular weight excluding hydrogens is 719 g/mol. The molecule has 2 heterocycles. The maximum Gasteiger partial charge on any atom is 0.227 e. The molecule has 0 saturated heterocycles. The van der Waals surface area contributed by atoms with Crippen molar-refractivity contribution in [2.75, 3.05) is 4.90 Å². The first-order valence-corrected chi connectivity index (χ1v) is 20.0. The van der Waals surface area contributed by atoms with E-state index in [1.165, 1.54) is 32.5 Å². The lowest BCUT2D eigenvalue weighted by Gasteiger charge is -2.27. The molecule has 4 heteroatoms. The minimum absolute atomic E-state index is 0.590. The highest BCUT2D eigenvalue weighted by Crippen LogP contribution is 2.49. The van der Waals surface area contributed by atoms with Crippen molar-refractivity contribution in [2.24, 2.45) is 0 Å². The number of nitrogens with zero attached hydrogens (tertiary/aromatic N) is 3. The van der Waals surface area contributed by atoms with Gasteiger partial charge in [-0.15, -0.1) is 0 Å². The molecule has 10 aromatic carbocycles. The topological polar surface area (TPSA) is 34.2 Å². The lowest BCUT2D eigenvalue weighted by atomic mass is 9.97. The zero-order valence-electron chi connectivity index (χ0n) is 32.0. The van der Waals surface area contributed by atoms with Crippen molar-refractivity contribution < 1.29 is 4.42 Å². The molecule has 276 valence electrons. The van der Waals surface area contributed by atoms with E-state index in [1.54, 1.807) is 0 Å². The molecule has 0 amide bonds. The molecule has 0 atom stereocenters. The van der Waals surface area contributed by atoms with Gasteiger partial charge in [-0.2, -0.15) is 0 Å².